The largest absolute Gasteiger partial charge is 0.489 e. The Labute approximate surface area is 130 Å². The summed E-state index contributed by atoms with van der Waals surface area (Å²) in [6.45, 7) is 4.75. The summed E-state index contributed by atoms with van der Waals surface area (Å²) in [6.07, 6.45) is 0. The monoisotopic (exact) mass is 299 g/mol. The van der Waals surface area contributed by atoms with Crippen molar-refractivity contribution in [1.29, 1.82) is 0 Å². The minimum atomic E-state index is -0.217. The highest BCUT2D eigenvalue weighted by Crippen LogP contribution is 2.16. The van der Waals surface area contributed by atoms with Crippen LogP contribution in [0.4, 0.5) is 0 Å². The molecule has 0 spiro atoms. The average Bonchev–Trinajstić information content (AvgIpc) is 2.50. The molecule has 0 unspecified atom stereocenters. The first-order valence-corrected chi connectivity index (χ1v) is 7.27. The lowest BCUT2D eigenvalue weighted by molar-refractivity contribution is 0.0944. The molecule has 4 nitrogen and oxygen atoms in total. The number of amides is 1. The fourth-order valence-corrected chi connectivity index (χ4v) is 2.32. The Morgan fingerprint density at radius 2 is 1.86 bits per heavy atom. The third-order valence-corrected chi connectivity index (χ3v) is 3.18. The molecule has 2 aromatic rings. The van der Waals surface area contributed by atoms with Crippen LogP contribution in [0.25, 0.3) is 0 Å². The average molecular weight is 299 g/mol. The van der Waals surface area contributed by atoms with Crippen molar-refractivity contribution in [1.82, 2.24) is 5.32 Å². The van der Waals surface area contributed by atoms with Crippen molar-refractivity contribution < 1.29 is 14.6 Å². The molecule has 4 heteroatoms. The molecule has 2 aromatic carbocycles. The maximum absolute atomic E-state index is 11.8. The summed E-state index contributed by atoms with van der Waals surface area (Å²) < 4.78 is 5.77. The molecule has 0 bridgehead atoms. The van der Waals surface area contributed by atoms with Gasteiger partial charge in [0, 0.05) is 12.1 Å². The van der Waals surface area contributed by atoms with E-state index in [1.165, 1.54) is 11.1 Å². The smallest absolute Gasteiger partial charge is 0.251 e. The van der Waals surface area contributed by atoms with Crippen molar-refractivity contribution in [2.75, 3.05) is 13.2 Å². The van der Waals surface area contributed by atoms with Gasteiger partial charge in [0.25, 0.3) is 5.91 Å². The van der Waals surface area contributed by atoms with Crippen molar-refractivity contribution in [3.8, 4) is 5.75 Å². The summed E-state index contributed by atoms with van der Waals surface area (Å²) in [5.41, 5.74) is 4.03. The minimum absolute atomic E-state index is 0.0748. The van der Waals surface area contributed by atoms with Crippen LogP contribution in [-0.2, 0) is 6.61 Å². The van der Waals surface area contributed by atoms with Gasteiger partial charge >= 0.3 is 0 Å². The molecule has 2 rings (SSSR count). The predicted octanol–water partition coefficient (Wildman–Crippen LogP) is 2.60. The number of aliphatic hydroxyl groups is 1. The van der Waals surface area contributed by atoms with Gasteiger partial charge in [0.1, 0.15) is 12.4 Å². The maximum Gasteiger partial charge on any atom is 0.251 e. The van der Waals surface area contributed by atoms with Crippen LogP contribution in [0.15, 0.2) is 42.5 Å². The lowest BCUT2D eigenvalue weighted by Gasteiger charge is -2.10. The zero-order chi connectivity index (χ0) is 15.9. The molecule has 0 radical (unpaired) electrons. The van der Waals surface area contributed by atoms with E-state index in [1.54, 1.807) is 18.2 Å². The van der Waals surface area contributed by atoms with Gasteiger partial charge in [-0.25, -0.2) is 0 Å². The van der Waals surface area contributed by atoms with Crippen LogP contribution in [0.5, 0.6) is 5.75 Å². The molecule has 116 valence electrons. The highest BCUT2D eigenvalue weighted by Gasteiger charge is 2.06. The molecule has 0 saturated heterocycles. The second-order valence-corrected chi connectivity index (χ2v) is 5.29. The lowest BCUT2D eigenvalue weighted by Crippen LogP contribution is -2.26. The van der Waals surface area contributed by atoms with Crippen LogP contribution < -0.4 is 10.1 Å². The van der Waals surface area contributed by atoms with E-state index < -0.39 is 0 Å². The fraction of sp³-hybridized carbons (Fsp3) is 0.278. The molecular formula is C18H21NO3. The SMILES string of the molecule is Cc1cc(C)cc(COc2cccc(C(=O)NCCO)c2)c1. The quantitative estimate of drug-likeness (QED) is 0.862. The third kappa shape index (κ3) is 4.60. The van der Waals surface area contributed by atoms with E-state index in [0.717, 1.165) is 5.56 Å². The molecule has 0 saturated carbocycles. The Kier molecular flexibility index (Phi) is 5.55. The fourth-order valence-electron chi connectivity index (χ4n) is 2.32. The van der Waals surface area contributed by atoms with Crippen LogP contribution in [0.3, 0.4) is 0 Å². The zero-order valence-corrected chi connectivity index (χ0v) is 12.9. The van der Waals surface area contributed by atoms with Crippen LogP contribution in [0.1, 0.15) is 27.0 Å². The van der Waals surface area contributed by atoms with Gasteiger partial charge in [-0.3, -0.25) is 4.79 Å². The number of carbonyl (C=O) groups excluding carboxylic acids is 1. The number of nitrogens with one attached hydrogen (secondary N) is 1. The number of hydrogen-bond acceptors (Lipinski definition) is 3. The zero-order valence-electron chi connectivity index (χ0n) is 12.9. The van der Waals surface area contributed by atoms with E-state index in [0.29, 0.717) is 17.9 Å². The van der Waals surface area contributed by atoms with E-state index in [4.69, 9.17) is 9.84 Å². The number of carbonyl (C=O) groups is 1. The molecular weight excluding hydrogens is 278 g/mol. The van der Waals surface area contributed by atoms with Gasteiger partial charge < -0.3 is 15.2 Å². The maximum atomic E-state index is 11.8. The minimum Gasteiger partial charge on any atom is -0.489 e. The Morgan fingerprint density at radius 1 is 1.14 bits per heavy atom. The van der Waals surface area contributed by atoms with Gasteiger partial charge in [-0.2, -0.15) is 0 Å². The number of aryl methyl sites for hydroxylation is 2. The van der Waals surface area contributed by atoms with Gasteiger partial charge in [-0.15, -0.1) is 0 Å². The number of hydrogen-bond donors (Lipinski definition) is 2. The van der Waals surface area contributed by atoms with Crippen LogP contribution in [0.2, 0.25) is 0 Å². The third-order valence-electron chi connectivity index (χ3n) is 3.18. The summed E-state index contributed by atoms with van der Waals surface area (Å²) >= 11 is 0. The van der Waals surface area contributed by atoms with Crippen LogP contribution in [0, 0.1) is 13.8 Å². The second-order valence-electron chi connectivity index (χ2n) is 5.29. The van der Waals surface area contributed by atoms with E-state index in [9.17, 15) is 4.79 Å². The van der Waals surface area contributed by atoms with Gasteiger partial charge in [0.05, 0.1) is 6.61 Å². The summed E-state index contributed by atoms with van der Waals surface area (Å²) in [6, 6.07) is 13.3. The Balaban J connectivity index is 2.02. The first-order valence-electron chi connectivity index (χ1n) is 7.27. The van der Waals surface area contributed by atoms with Gasteiger partial charge in [0.2, 0.25) is 0 Å². The summed E-state index contributed by atoms with van der Waals surface area (Å²) in [5, 5.41) is 11.4. The van der Waals surface area contributed by atoms with Gasteiger partial charge in [-0.1, -0.05) is 35.4 Å². The Hall–Kier alpha value is -2.33. The van der Waals surface area contributed by atoms with Crippen molar-refractivity contribution >= 4 is 5.91 Å². The van der Waals surface area contributed by atoms with E-state index in [-0.39, 0.29) is 19.1 Å². The van der Waals surface area contributed by atoms with Crippen molar-refractivity contribution in [3.63, 3.8) is 0 Å². The van der Waals surface area contributed by atoms with Crippen molar-refractivity contribution in [2.24, 2.45) is 0 Å². The highest BCUT2D eigenvalue weighted by atomic mass is 16.5. The lowest BCUT2D eigenvalue weighted by atomic mass is 10.1. The molecule has 0 aliphatic rings. The summed E-state index contributed by atoms with van der Waals surface area (Å²) in [5.74, 6) is 0.432. The summed E-state index contributed by atoms with van der Waals surface area (Å²) in [4.78, 5) is 11.8. The first-order chi connectivity index (χ1) is 10.6. The highest BCUT2D eigenvalue weighted by molar-refractivity contribution is 5.94. The normalized spacial score (nSPS) is 10.3. The molecule has 2 N–H and O–H groups in total. The first kappa shape index (κ1) is 16.0. The van der Waals surface area contributed by atoms with E-state index >= 15 is 0 Å². The van der Waals surface area contributed by atoms with E-state index in [2.05, 4.69) is 37.4 Å². The number of ether oxygens (including phenoxy) is 1. The predicted molar refractivity (Wildman–Crippen MR) is 86.1 cm³/mol. The molecule has 0 heterocycles. The number of aliphatic hydroxyl groups excluding tert-OH is 1. The molecule has 0 fully saturated rings. The summed E-state index contributed by atoms with van der Waals surface area (Å²) in [7, 11) is 0. The van der Waals surface area contributed by atoms with Crippen LogP contribution >= 0.6 is 0 Å². The standard InChI is InChI=1S/C18H21NO3/c1-13-8-14(2)10-15(9-13)12-22-17-5-3-4-16(11-17)18(21)19-6-7-20/h3-5,8-11,20H,6-7,12H2,1-2H3,(H,19,21). The second kappa shape index (κ2) is 7.61. The molecule has 22 heavy (non-hydrogen) atoms. The molecule has 0 aliphatic heterocycles. The van der Waals surface area contributed by atoms with Crippen LogP contribution in [-0.4, -0.2) is 24.2 Å². The Morgan fingerprint density at radius 3 is 2.55 bits per heavy atom. The number of benzene rings is 2. The van der Waals surface area contributed by atoms with Gasteiger partial charge in [0.15, 0.2) is 0 Å². The number of rotatable bonds is 6. The molecule has 0 atom stereocenters. The van der Waals surface area contributed by atoms with Gasteiger partial charge in [-0.05, 0) is 37.6 Å². The van der Waals surface area contributed by atoms with Crippen molar-refractivity contribution in [2.45, 2.75) is 20.5 Å². The molecule has 0 aliphatic carbocycles. The Bertz CT molecular complexity index is 632. The molecule has 1 amide bonds. The molecule has 0 aromatic heterocycles. The van der Waals surface area contributed by atoms with E-state index in [1.807, 2.05) is 6.07 Å². The van der Waals surface area contributed by atoms with Crippen molar-refractivity contribution in [3.05, 3.63) is 64.7 Å². The topological polar surface area (TPSA) is 58.6 Å².